The Balaban J connectivity index is 1.18. The molecule has 0 bridgehead atoms. The normalized spacial score (nSPS) is 12.3. The highest BCUT2D eigenvalue weighted by atomic mass is 16.4. The summed E-state index contributed by atoms with van der Waals surface area (Å²) < 4.78 is 8.86. The maximum atomic E-state index is 6.44. The van der Waals surface area contributed by atoms with Crippen molar-refractivity contribution in [2.45, 2.75) is 0 Å². The van der Waals surface area contributed by atoms with Crippen molar-refractivity contribution in [1.82, 2.24) is 9.55 Å². The van der Waals surface area contributed by atoms with Crippen molar-refractivity contribution >= 4 is 54.1 Å². The van der Waals surface area contributed by atoms with E-state index in [0.29, 0.717) is 5.89 Å². The topological polar surface area (TPSA) is 31.0 Å². The van der Waals surface area contributed by atoms with Gasteiger partial charge in [0, 0.05) is 43.9 Å². The van der Waals surface area contributed by atoms with Crippen molar-refractivity contribution < 1.29 is 4.42 Å². The summed E-state index contributed by atoms with van der Waals surface area (Å²) in [6.07, 6.45) is 0. The second kappa shape index (κ2) is 7.96. The van der Waals surface area contributed by atoms with Crippen molar-refractivity contribution in [2.75, 3.05) is 0 Å². The van der Waals surface area contributed by atoms with E-state index in [0.717, 1.165) is 33.8 Å². The highest BCUT2D eigenvalue weighted by Gasteiger charge is 2.27. The Hall–Kier alpha value is -5.67. The number of hydrogen-bond acceptors (Lipinski definition) is 2. The summed E-state index contributed by atoms with van der Waals surface area (Å²) in [5.41, 5.74) is 7.71. The molecule has 1 aliphatic carbocycles. The van der Waals surface area contributed by atoms with Crippen molar-refractivity contribution in [3.63, 3.8) is 0 Å². The molecule has 3 nitrogen and oxygen atoms in total. The quantitative estimate of drug-likeness (QED) is 0.221. The van der Waals surface area contributed by atoms with E-state index in [4.69, 9.17) is 9.40 Å². The molecule has 9 aromatic rings. The third-order valence-corrected chi connectivity index (χ3v) is 8.95. The highest BCUT2D eigenvalue weighted by molar-refractivity contribution is 6.26. The van der Waals surface area contributed by atoms with Crippen LogP contribution in [-0.2, 0) is 0 Å². The molecule has 42 heavy (non-hydrogen) atoms. The van der Waals surface area contributed by atoms with E-state index in [9.17, 15) is 0 Å². The van der Waals surface area contributed by atoms with Gasteiger partial charge in [0.05, 0.1) is 11.0 Å². The van der Waals surface area contributed by atoms with Gasteiger partial charge in [0.25, 0.3) is 0 Å². The molecule has 3 heteroatoms. The number of rotatable bonds is 2. The fourth-order valence-electron chi connectivity index (χ4n) is 7.11. The van der Waals surface area contributed by atoms with Crippen LogP contribution in [-0.4, -0.2) is 9.55 Å². The zero-order chi connectivity index (χ0) is 27.4. The minimum Gasteiger partial charge on any atom is -0.435 e. The number of oxazole rings is 1. The second-order valence-electron chi connectivity index (χ2n) is 11.2. The molecule has 0 fully saturated rings. The Labute approximate surface area is 240 Å². The maximum absolute atomic E-state index is 6.44. The summed E-state index contributed by atoms with van der Waals surface area (Å²) in [6.45, 7) is 0. The van der Waals surface area contributed by atoms with Crippen LogP contribution in [0.15, 0.2) is 138 Å². The Morgan fingerprint density at radius 3 is 2.02 bits per heavy atom. The summed E-state index contributed by atoms with van der Waals surface area (Å²) in [5, 5.41) is 10.0. The maximum Gasteiger partial charge on any atom is 0.227 e. The monoisotopic (exact) mass is 534 g/mol. The molecule has 0 radical (unpaired) electrons. The molecule has 0 saturated carbocycles. The van der Waals surface area contributed by atoms with Crippen molar-refractivity contribution in [2.24, 2.45) is 0 Å². The predicted octanol–water partition coefficient (Wildman–Crippen LogP) is 10.5. The first-order valence-electron chi connectivity index (χ1n) is 14.3. The molecular weight excluding hydrogens is 512 g/mol. The van der Waals surface area contributed by atoms with Crippen molar-refractivity contribution in [1.29, 1.82) is 0 Å². The van der Waals surface area contributed by atoms with Gasteiger partial charge < -0.3 is 8.98 Å². The summed E-state index contributed by atoms with van der Waals surface area (Å²) in [6, 6.07) is 47.8. The molecule has 0 spiro atoms. The van der Waals surface area contributed by atoms with Gasteiger partial charge in [0.1, 0.15) is 5.69 Å². The first-order valence-corrected chi connectivity index (χ1v) is 14.3. The Bertz CT molecular complexity index is 2510. The smallest absolute Gasteiger partial charge is 0.227 e. The van der Waals surface area contributed by atoms with Crippen LogP contribution in [0, 0.1) is 0 Å². The first-order chi connectivity index (χ1) is 20.8. The number of benzene rings is 7. The number of nitrogens with zero attached hydrogens (tertiary/aromatic N) is 2. The summed E-state index contributed by atoms with van der Waals surface area (Å²) in [5.74, 6) is 1.51. The molecule has 194 valence electrons. The van der Waals surface area contributed by atoms with Gasteiger partial charge in [-0.2, -0.15) is 0 Å². The van der Waals surface area contributed by atoms with Gasteiger partial charge in [-0.3, -0.25) is 0 Å². The SMILES string of the molecule is c1cc2c3c(cccc3c1)-c1oc(-c3ccc(-n4c5ccc6ccccc6c5c5ccc6ccccc6c54)cc3)nc1-2. The second-order valence-corrected chi connectivity index (χ2v) is 11.2. The molecule has 0 atom stereocenters. The van der Waals surface area contributed by atoms with Gasteiger partial charge in [-0.15, -0.1) is 0 Å². The standard InChI is InChI=1S/C39H22N2O/c1-3-11-28-23(7-1)18-22-33-35(28)31-21-17-24-8-2-4-12-29(24)37(31)41(33)27-19-15-26(16-20-27)39-40-36-30-13-5-9-25-10-6-14-32(34(25)30)38(36)42-39/h1-22H. The Morgan fingerprint density at radius 1 is 0.500 bits per heavy atom. The molecule has 0 saturated heterocycles. The third kappa shape index (κ3) is 2.82. The first kappa shape index (κ1) is 22.1. The van der Waals surface area contributed by atoms with Crippen LogP contribution in [0.4, 0.5) is 0 Å². The van der Waals surface area contributed by atoms with Crippen LogP contribution in [0.25, 0.3) is 93.8 Å². The van der Waals surface area contributed by atoms with Crippen LogP contribution >= 0.6 is 0 Å². The van der Waals surface area contributed by atoms with Gasteiger partial charge in [-0.1, -0.05) is 103 Å². The van der Waals surface area contributed by atoms with E-state index in [-0.39, 0.29) is 0 Å². The molecule has 7 aromatic carbocycles. The fraction of sp³-hybridized carbons (Fsp3) is 0. The fourth-order valence-corrected chi connectivity index (χ4v) is 7.11. The molecule has 0 N–H and O–H groups in total. The van der Waals surface area contributed by atoms with Gasteiger partial charge >= 0.3 is 0 Å². The minimum absolute atomic E-state index is 0.650. The largest absolute Gasteiger partial charge is 0.435 e. The molecule has 0 aliphatic heterocycles. The summed E-state index contributed by atoms with van der Waals surface area (Å²) in [4.78, 5) is 4.99. The van der Waals surface area contributed by atoms with E-state index in [1.54, 1.807) is 0 Å². The molecule has 2 heterocycles. The zero-order valence-corrected chi connectivity index (χ0v) is 22.5. The van der Waals surface area contributed by atoms with E-state index in [1.165, 1.54) is 54.1 Å². The molecule has 10 rings (SSSR count). The van der Waals surface area contributed by atoms with Crippen molar-refractivity contribution in [3.05, 3.63) is 133 Å². The van der Waals surface area contributed by atoms with Gasteiger partial charge in [-0.25, -0.2) is 4.98 Å². The summed E-state index contributed by atoms with van der Waals surface area (Å²) in [7, 11) is 0. The number of hydrogen-bond donors (Lipinski definition) is 0. The predicted molar refractivity (Wildman–Crippen MR) is 173 cm³/mol. The van der Waals surface area contributed by atoms with Gasteiger partial charge in [-0.05, 0) is 51.9 Å². The lowest BCUT2D eigenvalue weighted by Gasteiger charge is -2.10. The molecular formula is C39H22N2O. The Morgan fingerprint density at radius 2 is 1.19 bits per heavy atom. The van der Waals surface area contributed by atoms with Crippen LogP contribution in [0.1, 0.15) is 0 Å². The van der Waals surface area contributed by atoms with Gasteiger partial charge in [0.2, 0.25) is 5.89 Å². The average Bonchev–Trinajstić information content (AvgIpc) is 3.72. The van der Waals surface area contributed by atoms with Crippen molar-refractivity contribution in [3.8, 4) is 39.7 Å². The van der Waals surface area contributed by atoms with Crippen LogP contribution in [0.3, 0.4) is 0 Å². The van der Waals surface area contributed by atoms with Crippen LogP contribution in [0.5, 0.6) is 0 Å². The highest BCUT2D eigenvalue weighted by Crippen LogP contribution is 2.48. The van der Waals surface area contributed by atoms with E-state index in [1.807, 2.05) is 0 Å². The average molecular weight is 535 g/mol. The lowest BCUT2D eigenvalue weighted by atomic mass is 10.0. The molecule has 0 unspecified atom stereocenters. The number of aromatic nitrogens is 2. The molecule has 1 aliphatic rings. The molecule has 2 aromatic heterocycles. The minimum atomic E-state index is 0.650. The van der Waals surface area contributed by atoms with E-state index < -0.39 is 0 Å². The Kier molecular flexibility index (Phi) is 4.18. The van der Waals surface area contributed by atoms with Crippen LogP contribution in [0.2, 0.25) is 0 Å². The lowest BCUT2D eigenvalue weighted by Crippen LogP contribution is -1.94. The lowest BCUT2D eigenvalue weighted by molar-refractivity contribution is 0.590. The molecule has 0 amide bonds. The summed E-state index contributed by atoms with van der Waals surface area (Å²) >= 11 is 0. The zero-order valence-electron chi connectivity index (χ0n) is 22.5. The van der Waals surface area contributed by atoms with Crippen LogP contribution < -0.4 is 0 Å². The number of fused-ring (bicyclic) bond motifs is 10. The van der Waals surface area contributed by atoms with Gasteiger partial charge in [0.15, 0.2) is 5.76 Å². The third-order valence-electron chi connectivity index (χ3n) is 8.95. The van der Waals surface area contributed by atoms with E-state index >= 15 is 0 Å². The van der Waals surface area contributed by atoms with E-state index in [2.05, 4.69) is 138 Å².